The number of carbonyl (C=O) groups is 1. The molecule has 0 unspecified atom stereocenters. The first kappa shape index (κ1) is 20.0. The Balaban J connectivity index is 1.81. The number of hydrogen-bond donors (Lipinski definition) is 1. The van der Waals surface area contributed by atoms with Crippen molar-refractivity contribution in [3.63, 3.8) is 0 Å². The molecule has 3 nitrogen and oxygen atoms in total. The molecule has 1 N–H and O–H groups in total. The van der Waals surface area contributed by atoms with Crippen molar-refractivity contribution in [1.82, 2.24) is 0 Å². The molecule has 2 aromatic rings. The van der Waals surface area contributed by atoms with Gasteiger partial charge in [0, 0.05) is 12.1 Å². The Labute approximate surface area is 157 Å². The Kier molecular flexibility index (Phi) is 6.84. The second-order valence-corrected chi connectivity index (χ2v) is 7.45. The van der Waals surface area contributed by atoms with Gasteiger partial charge in [0.25, 0.3) is 0 Å². The summed E-state index contributed by atoms with van der Waals surface area (Å²) in [5, 5.41) is 3.04. The minimum atomic E-state index is 0.0370. The van der Waals surface area contributed by atoms with Crippen LogP contribution in [0.2, 0.25) is 0 Å². The fraction of sp³-hybridized carbons (Fsp3) is 0.435. The molecule has 140 valence electrons. The molecule has 0 saturated heterocycles. The molecule has 0 aliphatic heterocycles. The van der Waals surface area contributed by atoms with E-state index in [1.165, 1.54) is 16.7 Å². The number of rotatable bonds is 7. The van der Waals surface area contributed by atoms with E-state index >= 15 is 0 Å². The molecule has 1 amide bonds. The highest BCUT2D eigenvalue weighted by Gasteiger charge is 2.09. The molecule has 0 atom stereocenters. The molecular weight excluding hydrogens is 322 g/mol. The summed E-state index contributed by atoms with van der Waals surface area (Å²) in [6.45, 7) is 13.2. The van der Waals surface area contributed by atoms with Crippen LogP contribution in [0.25, 0.3) is 0 Å². The van der Waals surface area contributed by atoms with Crippen molar-refractivity contribution in [1.29, 1.82) is 0 Å². The van der Waals surface area contributed by atoms with Crippen molar-refractivity contribution in [2.75, 3.05) is 11.9 Å². The molecule has 3 heteroatoms. The van der Waals surface area contributed by atoms with Gasteiger partial charge in [-0.3, -0.25) is 4.79 Å². The lowest BCUT2D eigenvalue weighted by Crippen LogP contribution is -2.14. The van der Waals surface area contributed by atoms with E-state index in [4.69, 9.17) is 4.74 Å². The standard InChI is InChI=1S/C23H31NO2/c1-15(2)21-10-9-20(14-17(21)4)26-11-7-8-22(25)24-23-18(5)12-16(3)13-19(23)6/h9-10,12-15H,7-8,11H2,1-6H3,(H,24,25). The van der Waals surface area contributed by atoms with Gasteiger partial charge < -0.3 is 10.1 Å². The average Bonchev–Trinajstić information content (AvgIpc) is 2.54. The van der Waals surface area contributed by atoms with Gasteiger partial charge in [-0.25, -0.2) is 0 Å². The van der Waals surface area contributed by atoms with E-state index in [2.05, 4.69) is 57.3 Å². The molecule has 2 rings (SSSR count). The normalized spacial score (nSPS) is 10.9. The Bertz CT molecular complexity index is 755. The molecule has 0 heterocycles. The molecule has 0 radical (unpaired) electrons. The van der Waals surface area contributed by atoms with Crippen LogP contribution in [-0.2, 0) is 4.79 Å². The quantitative estimate of drug-likeness (QED) is 0.635. The average molecular weight is 354 g/mol. The van der Waals surface area contributed by atoms with Crippen LogP contribution in [0, 0.1) is 27.7 Å². The van der Waals surface area contributed by atoms with E-state index in [1.807, 2.05) is 19.9 Å². The van der Waals surface area contributed by atoms with E-state index in [1.54, 1.807) is 0 Å². The van der Waals surface area contributed by atoms with E-state index in [9.17, 15) is 4.79 Å². The van der Waals surface area contributed by atoms with Crippen molar-refractivity contribution in [2.24, 2.45) is 0 Å². The van der Waals surface area contributed by atoms with Gasteiger partial charge in [-0.2, -0.15) is 0 Å². The van der Waals surface area contributed by atoms with Gasteiger partial charge in [0.2, 0.25) is 5.91 Å². The Morgan fingerprint density at radius 2 is 1.65 bits per heavy atom. The molecule has 26 heavy (non-hydrogen) atoms. The summed E-state index contributed by atoms with van der Waals surface area (Å²) < 4.78 is 5.81. The number of benzene rings is 2. The maximum Gasteiger partial charge on any atom is 0.224 e. The molecule has 0 saturated carbocycles. The molecule has 0 aliphatic rings. The van der Waals surface area contributed by atoms with Crippen LogP contribution in [0.1, 0.15) is 60.4 Å². The fourth-order valence-corrected chi connectivity index (χ4v) is 3.39. The van der Waals surface area contributed by atoms with E-state index in [-0.39, 0.29) is 5.91 Å². The van der Waals surface area contributed by atoms with E-state index in [0.29, 0.717) is 25.4 Å². The second kappa shape index (κ2) is 8.88. The van der Waals surface area contributed by atoms with Gasteiger partial charge in [-0.1, -0.05) is 37.6 Å². The highest BCUT2D eigenvalue weighted by atomic mass is 16.5. The first-order valence-electron chi connectivity index (χ1n) is 9.39. The van der Waals surface area contributed by atoms with Crippen LogP contribution in [-0.4, -0.2) is 12.5 Å². The zero-order valence-corrected chi connectivity index (χ0v) is 16.9. The summed E-state index contributed by atoms with van der Waals surface area (Å²) in [5.74, 6) is 1.42. The highest BCUT2D eigenvalue weighted by molar-refractivity contribution is 5.92. The maximum atomic E-state index is 12.2. The molecule has 2 aromatic carbocycles. The third-order valence-corrected chi connectivity index (χ3v) is 4.62. The number of carbonyl (C=O) groups excluding carboxylic acids is 1. The Hall–Kier alpha value is -2.29. The van der Waals surface area contributed by atoms with Gasteiger partial charge in [0.05, 0.1) is 6.61 Å². The largest absolute Gasteiger partial charge is 0.494 e. The van der Waals surface area contributed by atoms with E-state index < -0.39 is 0 Å². The van der Waals surface area contributed by atoms with Crippen LogP contribution >= 0.6 is 0 Å². The smallest absolute Gasteiger partial charge is 0.224 e. The molecule has 0 spiro atoms. The molecule has 0 aromatic heterocycles. The fourth-order valence-electron chi connectivity index (χ4n) is 3.39. The van der Waals surface area contributed by atoms with Gasteiger partial charge in [0.15, 0.2) is 0 Å². The predicted octanol–water partition coefficient (Wildman–Crippen LogP) is 5.84. The summed E-state index contributed by atoms with van der Waals surface area (Å²) in [7, 11) is 0. The van der Waals surface area contributed by atoms with Gasteiger partial charge >= 0.3 is 0 Å². The van der Waals surface area contributed by atoms with Crippen LogP contribution in [0.5, 0.6) is 5.75 Å². The summed E-state index contributed by atoms with van der Waals surface area (Å²) in [6, 6.07) is 10.4. The van der Waals surface area contributed by atoms with Crippen LogP contribution in [0.4, 0.5) is 5.69 Å². The van der Waals surface area contributed by atoms with Crippen molar-refractivity contribution < 1.29 is 9.53 Å². The first-order chi connectivity index (χ1) is 12.3. The number of ether oxygens (including phenoxy) is 1. The van der Waals surface area contributed by atoms with Crippen LogP contribution < -0.4 is 10.1 Å². The zero-order valence-electron chi connectivity index (χ0n) is 16.9. The number of nitrogens with one attached hydrogen (secondary N) is 1. The highest BCUT2D eigenvalue weighted by Crippen LogP contribution is 2.24. The minimum absolute atomic E-state index is 0.0370. The Morgan fingerprint density at radius 1 is 1.00 bits per heavy atom. The van der Waals surface area contributed by atoms with Crippen molar-refractivity contribution in [2.45, 2.75) is 60.3 Å². The monoisotopic (exact) mass is 353 g/mol. The zero-order chi connectivity index (χ0) is 19.3. The third kappa shape index (κ3) is 5.35. The lowest BCUT2D eigenvalue weighted by Gasteiger charge is -2.14. The number of hydrogen-bond acceptors (Lipinski definition) is 2. The van der Waals surface area contributed by atoms with Crippen molar-refractivity contribution in [3.8, 4) is 5.75 Å². The molecule has 0 fully saturated rings. The second-order valence-electron chi connectivity index (χ2n) is 7.45. The van der Waals surface area contributed by atoms with Crippen LogP contribution in [0.3, 0.4) is 0 Å². The minimum Gasteiger partial charge on any atom is -0.494 e. The third-order valence-electron chi connectivity index (χ3n) is 4.62. The van der Waals surface area contributed by atoms with Crippen molar-refractivity contribution >= 4 is 11.6 Å². The lowest BCUT2D eigenvalue weighted by molar-refractivity contribution is -0.116. The molecule has 0 aliphatic carbocycles. The first-order valence-corrected chi connectivity index (χ1v) is 9.39. The summed E-state index contributed by atoms with van der Waals surface area (Å²) >= 11 is 0. The van der Waals surface area contributed by atoms with Gasteiger partial charge in [0.1, 0.15) is 5.75 Å². The maximum absolute atomic E-state index is 12.2. The SMILES string of the molecule is Cc1cc(C)c(NC(=O)CCCOc2ccc(C(C)C)c(C)c2)c(C)c1. The molecule has 0 bridgehead atoms. The van der Waals surface area contributed by atoms with Gasteiger partial charge in [-0.05, 0) is 74.4 Å². The van der Waals surface area contributed by atoms with Crippen molar-refractivity contribution in [3.05, 3.63) is 58.1 Å². The van der Waals surface area contributed by atoms with Gasteiger partial charge in [-0.15, -0.1) is 0 Å². The summed E-state index contributed by atoms with van der Waals surface area (Å²) in [6.07, 6.45) is 1.15. The number of amides is 1. The predicted molar refractivity (Wildman–Crippen MR) is 109 cm³/mol. The number of aryl methyl sites for hydroxylation is 4. The number of anilines is 1. The Morgan fingerprint density at radius 3 is 2.23 bits per heavy atom. The lowest BCUT2D eigenvalue weighted by atomic mass is 9.98. The van der Waals surface area contributed by atoms with E-state index in [0.717, 1.165) is 22.6 Å². The molecular formula is C23H31NO2. The van der Waals surface area contributed by atoms with Crippen LogP contribution in [0.15, 0.2) is 30.3 Å². The summed E-state index contributed by atoms with van der Waals surface area (Å²) in [4.78, 5) is 12.2. The topological polar surface area (TPSA) is 38.3 Å². The summed E-state index contributed by atoms with van der Waals surface area (Å²) in [5.41, 5.74) is 6.95.